The van der Waals surface area contributed by atoms with Crippen LogP contribution >= 0.6 is 0 Å². The molecule has 4 heteroatoms. The Hall–Kier alpha value is -1.39. The fourth-order valence-electron chi connectivity index (χ4n) is 3.02. The third-order valence-electron chi connectivity index (χ3n) is 4.05. The summed E-state index contributed by atoms with van der Waals surface area (Å²) in [5.74, 6) is 0.0698. The van der Waals surface area contributed by atoms with E-state index in [0.29, 0.717) is 6.54 Å². The van der Waals surface area contributed by atoms with Crippen LogP contribution in [0.4, 0.5) is 0 Å². The number of nitrogens with two attached hydrogens (primary N) is 1. The molecule has 1 aromatic rings. The molecule has 3 N–H and O–H groups in total. The van der Waals surface area contributed by atoms with Gasteiger partial charge in [-0.2, -0.15) is 0 Å². The molecule has 21 heavy (non-hydrogen) atoms. The van der Waals surface area contributed by atoms with Crippen molar-refractivity contribution in [3.63, 3.8) is 0 Å². The number of fused-ring (bicyclic) bond motifs is 1. The van der Waals surface area contributed by atoms with Gasteiger partial charge in [0.2, 0.25) is 5.91 Å². The van der Waals surface area contributed by atoms with Crippen molar-refractivity contribution in [1.82, 2.24) is 10.2 Å². The molecule has 1 amide bonds. The highest BCUT2D eigenvalue weighted by atomic mass is 16.2. The third kappa shape index (κ3) is 3.63. The second-order valence-electron chi connectivity index (χ2n) is 6.85. The summed E-state index contributed by atoms with van der Waals surface area (Å²) in [6.07, 6.45) is 0.972. The first-order valence-electron chi connectivity index (χ1n) is 7.69. The second kappa shape index (κ2) is 6.16. The van der Waals surface area contributed by atoms with Crippen LogP contribution in [0, 0.1) is 0 Å². The van der Waals surface area contributed by atoms with Gasteiger partial charge in [0.15, 0.2) is 0 Å². The van der Waals surface area contributed by atoms with E-state index in [2.05, 4.69) is 28.4 Å². The van der Waals surface area contributed by atoms with E-state index in [9.17, 15) is 4.79 Å². The molecule has 0 bridgehead atoms. The Morgan fingerprint density at radius 3 is 2.71 bits per heavy atom. The molecule has 0 fully saturated rings. The van der Waals surface area contributed by atoms with E-state index in [0.717, 1.165) is 13.0 Å². The average molecular weight is 289 g/mol. The number of nitrogens with one attached hydrogen (secondary N) is 1. The van der Waals surface area contributed by atoms with Gasteiger partial charge in [-0.25, -0.2) is 0 Å². The quantitative estimate of drug-likeness (QED) is 0.893. The summed E-state index contributed by atoms with van der Waals surface area (Å²) in [7, 11) is 0. The van der Waals surface area contributed by atoms with Gasteiger partial charge in [0.25, 0.3) is 0 Å². The van der Waals surface area contributed by atoms with Gasteiger partial charge >= 0.3 is 0 Å². The molecule has 0 aliphatic carbocycles. The summed E-state index contributed by atoms with van der Waals surface area (Å²) >= 11 is 0. The number of hydrogen-bond donors (Lipinski definition) is 2. The average Bonchev–Trinajstić information content (AvgIpc) is 2.43. The van der Waals surface area contributed by atoms with Crippen molar-refractivity contribution in [2.45, 2.75) is 51.7 Å². The lowest BCUT2D eigenvalue weighted by atomic mass is 9.91. The number of amides is 1. The summed E-state index contributed by atoms with van der Waals surface area (Å²) in [4.78, 5) is 14.7. The van der Waals surface area contributed by atoms with Gasteiger partial charge in [0.1, 0.15) is 0 Å². The normalized spacial score (nSPS) is 20.7. The van der Waals surface area contributed by atoms with Gasteiger partial charge in [-0.05, 0) is 45.2 Å². The highest BCUT2D eigenvalue weighted by molar-refractivity contribution is 5.82. The molecule has 2 unspecified atom stereocenters. The van der Waals surface area contributed by atoms with Gasteiger partial charge in [0.05, 0.1) is 6.04 Å². The monoisotopic (exact) mass is 289 g/mol. The third-order valence-corrected chi connectivity index (χ3v) is 4.05. The lowest BCUT2D eigenvalue weighted by Gasteiger charge is -2.40. The van der Waals surface area contributed by atoms with E-state index in [1.807, 2.05) is 33.8 Å². The van der Waals surface area contributed by atoms with E-state index >= 15 is 0 Å². The minimum atomic E-state index is -0.211. The summed E-state index contributed by atoms with van der Waals surface area (Å²) in [5, 5.41) is 3.06. The van der Waals surface area contributed by atoms with Crippen LogP contribution in [0.2, 0.25) is 0 Å². The lowest BCUT2D eigenvalue weighted by molar-refractivity contribution is -0.128. The van der Waals surface area contributed by atoms with Crippen LogP contribution in [0.15, 0.2) is 24.3 Å². The van der Waals surface area contributed by atoms with Crippen molar-refractivity contribution < 1.29 is 4.79 Å². The molecule has 1 aliphatic rings. The SMILES string of the molecule is CC(C(=O)NC(C)(C)C)N1CCc2ccccc2C1CN. The minimum Gasteiger partial charge on any atom is -0.350 e. The Bertz CT molecular complexity index is 507. The Kier molecular flexibility index (Phi) is 4.69. The standard InChI is InChI=1S/C17H27N3O/c1-12(16(21)19-17(2,3)4)20-10-9-13-7-5-6-8-14(13)15(20)11-18/h5-8,12,15H,9-11,18H2,1-4H3,(H,19,21). The number of rotatable bonds is 3. The van der Waals surface area contributed by atoms with Crippen LogP contribution in [-0.4, -0.2) is 35.5 Å². The van der Waals surface area contributed by atoms with Crippen molar-refractivity contribution in [1.29, 1.82) is 0 Å². The molecule has 1 aromatic carbocycles. The van der Waals surface area contributed by atoms with Crippen LogP contribution in [0.5, 0.6) is 0 Å². The molecule has 0 aromatic heterocycles. The zero-order chi connectivity index (χ0) is 15.6. The van der Waals surface area contributed by atoms with E-state index in [1.165, 1.54) is 11.1 Å². The van der Waals surface area contributed by atoms with Crippen LogP contribution in [0.3, 0.4) is 0 Å². The molecule has 2 atom stereocenters. The van der Waals surface area contributed by atoms with Crippen molar-refractivity contribution in [3.8, 4) is 0 Å². The molecule has 0 saturated carbocycles. The van der Waals surface area contributed by atoms with Gasteiger partial charge in [-0.15, -0.1) is 0 Å². The molecule has 0 spiro atoms. The molecular formula is C17H27N3O. The van der Waals surface area contributed by atoms with Crippen molar-refractivity contribution >= 4 is 5.91 Å². The molecular weight excluding hydrogens is 262 g/mol. The molecule has 1 heterocycles. The Labute approximate surface area is 127 Å². The first-order chi connectivity index (χ1) is 9.83. The molecule has 0 radical (unpaired) electrons. The minimum absolute atomic E-state index is 0.0698. The first-order valence-corrected chi connectivity index (χ1v) is 7.69. The van der Waals surface area contributed by atoms with Crippen molar-refractivity contribution in [2.75, 3.05) is 13.1 Å². The smallest absolute Gasteiger partial charge is 0.237 e. The lowest BCUT2D eigenvalue weighted by Crippen LogP contribution is -2.54. The Morgan fingerprint density at radius 2 is 2.10 bits per heavy atom. The largest absolute Gasteiger partial charge is 0.350 e. The van der Waals surface area contributed by atoms with Gasteiger partial charge in [-0.1, -0.05) is 24.3 Å². The maximum atomic E-state index is 12.4. The molecule has 2 rings (SSSR count). The second-order valence-corrected chi connectivity index (χ2v) is 6.85. The molecule has 116 valence electrons. The molecule has 4 nitrogen and oxygen atoms in total. The maximum Gasteiger partial charge on any atom is 0.237 e. The van der Waals surface area contributed by atoms with Crippen LogP contribution in [-0.2, 0) is 11.2 Å². The fourth-order valence-corrected chi connectivity index (χ4v) is 3.02. The highest BCUT2D eigenvalue weighted by Gasteiger charge is 2.33. The zero-order valence-corrected chi connectivity index (χ0v) is 13.5. The highest BCUT2D eigenvalue weighted by Crippen LogP contribution is 2.30. The van der Waals surface area contributed by atoms with E-state index in [4.69, 9.17) is 5.73 Å². The van der Waals surface area contributed by atoms with E-state index in [1.54, 1.807) is 0 Å². The maximum absolute atomic E-state index is 12.4. The van der Waals surface area contributed by atoms with Crippen LogP contribution in [0.25, 0.3) is 0 Å². The zero-order valence-electron chi connectivity index (χ0n) is 13.5. The topological polar surface area (TPSA) is 58.4 Å². The van der Waals surface area contributed by atoms with Gasteiger partial charge in [0, 0.05) is 24.7 Å². The molecule has 0 saturated heterocycles. The van der Waals surface area contributed by atoms with E-state index < -0.39 is 0 Å². The number of benzene rings is 1. The van der Waals surface area contributed by atoms with Crippen LogP contribution in [0.1, 0.15) is 44.9 Å². The van der Waals surface area contributed by atoms with Crippen molar-refractivity contribution in [2.24, 2.45) is 5.73 Å². The number of carbonyl (C=O) groups excluding carboxylic acids is 1. The number of carbonyl (C=O) groups is 1. The summed E-state index contributed by atoms with van der Waals surface area (Å²) in [6, 6.07) is 8.35. The first kappa shape index (κ1) is 16.0. The Balaban J connectivity index is 2.19. The van der Waals surface area contributed by atoms with Crippen LogP contribution < -0.4 is 11.1 Å². The van der Waals surface area contributed by atoms with E-state index in [-0.39, 0.29) is 23.5 Å². The number of nitrogens with zero attached hydrogens (tertiary/aromatic N) is 1. The fraction of sp³-hybridized carbons (Fsp3) is 0.588. The Morgan fingerprint density at radius 1 is 1.43 bits per heavy atom. The molecule has 1 aliphatic heterocycles. The predicted octanol–water partition coefficient (Wildman–Crippen LogP) is 1.85. The van der Waals surface area contributed by atoms with Gasteiger partial charge in [-0.3, -0.25) is 9.69 Å². The summed E-state index contributed by atoms with van der Waals surface area (Å²) in [5.41, 5.74) is 8.41. The summed E-state index contributed by atoms with van der Waals surface area (Å²) in [6.45, 7) is 9.38. The van der Waals surface area contributed by atoms with Gasteiger partial charge < -0.3 is 11.1 Å². The summed E-state index contributed by atoms with van der Waals surface area (Å²) < 4.78 is 0. The number of hydrogen-bond acceptors (Lipinski definition) is 3. The van der Waals surface area contributed by atoms with Crippen molar-refractivity contribution in [3.05, 3.63) is 35.4 Å². The predicted molar refractivity (Wildman–Crippen MR) is 86.0 cm³/mol.